The molecule has 0 aromatic heterocycles. The molecule has 0 bridgehead atoms. The molecule has 0 radical (unpaired) electrons. The monoisotopic (exact) mass is 289 g/mol. The molecule has 0 saturated carbocycles. The lowest BCUT2D eigenvalue weighted by Crippen LogP contribution is -2.47. The van der Waals surface area contributed by atoms with Gasteiger partial charge in [-0.3, -0.25) is 0 Å². The highest BCUT2D eigenvalue weighted by Gasteiger charge is 2.40. The molecule has 2 saturated heterocycles. The lowest BCUT2D eigenvalue weighted by molar-refractivity contribution is 0.0164. The van der Waals surface area contributed by atoms with Crippen LogP contribution in [0.2, 0.25) is 0 Å². The maximum atomic E-state index is 11.9. The minimum atomic E-state index is -2.74. The first-order valence-corrected chi connectivity index (χ1v) is 8.67. The van der Waals surface area contributed by atoms with Crippen LogP contribution in [0.5, 0.6) is 0 Å². The molecule has 6 heteroatoms. The van der Waals surface area contributed by atoms with Crippen LogP contribution in [-0.2, 0) is 14.6 Å². The summed E-state index contributed by atoms with van der Waals surface area (Å²) in [6.07, 6.45) is 1.52. The van der Waals surface area contributed by atoms with Crippen LogP contribution in [-0.4, -0.2) is 49.6 Å². The molecule has 0 aromatic rings. The van der Waals surface area contributed by atoms with E-state index >= 15 is 0 Å². The van der Waals surface area contributed by atoms with Gasteiger partial charge in [0.05, 0.1) is 11.5 Å². The normalized spacial score (nSPS) is 24.9. The first-order valence-electron chi connectivity index (χ1n) is 6.85. The Labute approximate surface area is 115 Å². The first-order chi connectivity index (χ1) is 8.66. The van der Waals surface area contributed by atoms with Crippen LogP contribution in [0.1, 0.15) is 33.6 Å². The van der Waals surface area contributed by atoms with Crippen molar-refractivity contribution in [1.29, 1.82) is 0 Å². The van der Waals surface area contributed by atoms with Crippen molar-refractivity contribution in [3.8, 4) is 0 Å². The van der Waals surface area contributed by atoms with E-state index in [1.807, 2.05) is 20.8 Å². The van der Waals surface area contributed by atoms with Gasteiger partial charge in [0.1, 0.15) is 5.60 Å². The van der Waals surface area contributed by atoms with E-state index in [4.69, 9.17) is 4.74 Å². The van der Waals surface area contributed by atoms with E-state index in [2.05, 4.69) is 0 Å². The lowest BCUT2D eigenvalue weighted by atomic mass is 9.86. The summed E-state index contributed by atoms with van der Waals surface area (Å²) in [4.78, 5) is 13.6. The van der Waals surface area contributed by atoms with Crippen LogP contribution < -0.4 is 0 Å². The van der Waals surface area contributed by atoms with Crippen molar-refractivity contribution >= 4 is 15.9 Å². The number of likely N-dealkylation sites (tertiary alicyclic amines) is 1. The number of hydrogen-bond acceptors (Lipinski definition) is 4. The third kappa shape index (κ3) is 3.84. The van der Waals surface area contributed by atoms with Crippen LogP contribution in [0.4, 0.5) is 4.79 Å². The molecule has 19 heavy (non-hydrogen) atoms. The highest BCUT2D eigenvalue weighted by Crippen LogP contribution is 2.33. The highest BCUT2D eigenvalue weighted by atomic mass is 32.2. The smallest absolute Gasteiger partial charge is 0.410 e. The van der Waals surface area contributed by atoms with Crippen molar-refractivity contribution in [2.75, 3.05) is 24.6 Å². The van der Waals surface area contributed by atoms with Gasteiger partial charge < -0.3 is 9.64 Å². The van der Waals surface area contributed by atoms with Gasteiger partial charge in [-0.15, -0.1) is 0 Å². The number of ether oxygens (including phenoxy) is 1. The predicted molar refractivity (Wildman–Crippen MR) is 72.7 cm³/mol. The molecule has 2 fully saturated rings. The molecule has 2 aliphatic rings. The topological polar surface area (TPSA) is 63.7 Å². The quantitative estimate of drug-likeness (QED) is 0.736. The van der Waals surface area contributed by atoms with Crippen molar-refractivity contribution < 1.29 is 17.9 Å². The Kier molecular flexibility index (Phi) is 3.82. The maximum absolute atomic E-state index is 11.9. The zero-order valence-electron chi connectivity index (χ0n) is 11.9. The Bertz CT molecular complexity index is 432. The summed E-state index contributed by atoms with van der Waals surface area (Å²) in [6, 6.07) is 0. The molecule has 0 aliphatic carbocycles. The maximum Gasteiger partial charge on any atom is 0.410 e. The van der Waals surface area contributed by atoms with Gasteiger partial charge >= 0.3 is 6.09 Å². The van der Waals surface area contributed by atoms with Crippen molar-refractivity contribution in [2.45, 2.75) is 39.2 Å². The average Bonchev–Trinajstić information content (AvgIpc) is 2.23. The number of piperidine rings is 1. The molecule has 5 nitrogen and oxygen atoms in total. The number of amides is 1. The molecular formula is C13H23NO4S. The number of rotatable bonds is 1. The van der Waals surface area contributed by atoms with E-state index in [1.54, 1.807) is 4.90 Å². The van der Waals surface area contributed by atoms with Crippen LogP contribution >= 0.6 is 0 Å². The van der Waals surface area contributed by atoms with Crippen molar-refractivity contribution in [3.63, 3.8) is 0 Å². The summed E-state index contributed by atoms with van der Waals surface area (Å²) < 4.78 is 27.7. The Balaban J connectivity index is 1.78. The largest absolute Gasteiger partial charge is 0.444 e. The fourth-order valence-electron chi connectivity index (χ4n) is 2.76. The van der Waals surface area contributed by atoms with Crippen molar-refractivity contribution in [2.24, 2.45) is 11.8 Å². The van der Waals surface area contributed by atoms with Gasteiger partial charge in [0.2, 0.25) is 0 Å². The molecule has 0 atom stereocenters. The first kappa shape index (κ1) is 14.6. The number of sulfone groups is 1. The zero-order valence-corrected chi connectivity index (χ0v) is 12.7. The van der Waals surface area contributed by atoms with Crippen LogP contribution in [0, 0.1) is 11.8 Å². The Morgan fingerprint density at radius 1 is 1.11 bits per heavy atom. The molecule has 0 unspecified atom stereocenters. The van der Waals surface area contributed by atoms with E-state index in [0.717, 1.165) is 12.8 Å². The Hall–Kier alpha value is -0.780. The molecule has 1 amide bonds. The fourth-order valence-corrected chi connectivity index (χ4v) is 4.51. The lowest BCUT2D eigenvalue weighted by Gasteiger charge is -2.39. The van der Waals surface area contributed by atoms with Crippen LogP contribution in [0.25, 0.3) is 0 Å². The fraction of sp³-hybridized carbons (Fsp3) is 0.923. The molecular weight excluding hydrogens is 266 g/mol. The average molecular weight is 289 g/mol. The van der Waals surface area contributed by atoms with Gasteiger partial charge in [0.15, 0.2) is 9.84 Å². The number of carbonyl (C=O) groups is 1. The van der Waals surface area contributed by atoms with Gasteiger partial charge in [-0.2, -0.15) is 0 Å². The molecule has 2 rings (SSSR count). The third-order valence-electron chi connectivity index (χ3n) is 3.79. The summed E-state index contributed by atoms with van der Waals surface area (Å²) in [5, 5.41) is 0. The highest BCUT2D eigenvalue weighted by molar-refractivity contribution is 7.92. The van der Waals surface area contributed by atoms with Gasteiger partial charge in [0, 0.05) is 13.1 Å². The predicted octanol–water partition coefficient (Wildman–Crippen LogP) is 1.68. The van der Waals surface area contributed by atoms with E-state index in [9.17, 15) is 13.2 Å². The number of carbonyl (C=O) groups excluding carboxylic acids is 1. The van der Waals surface area contributed by atoms with Crippen molar-refractivity contribution in [3.05, 3.63) is 0 Å². The Morgan fingerprint density at radius 3 is 2.05 bits per heavy atom. The van der Waals surface area contributed by atoms with Crippen molar-refractivity contribution in [1.82, 2.24) is 4.90 Å². The van der Waals surface area contributed by atoms with Crippen LogP contribution in [0.3, 0.4) is 0 Å². The summed E-state index contributed by atoms with van der Waals surface area (Å²) >= 11 is 0. The summed E-state index contributed by atoms with van der Waals surface area (Å²) in [6.45, 7) is 6.93. The number of nitrogens with zero attached hydrogens (tertiary/aromatic N) is 1. The van der Waals surface area contributed by atoms with Gasteiger partial charge in [0.25, 0.3) is 0 Å². The molecule has 0 N–H and O–H groups in total. The zero-order chi connectivity index (χ0) is 14.3. The van der Waals surface area contributed by atoms with E-state index < -0.39 is 15.4 Å². The van der Waals surface area contributed by atoms with Gasteiger partial charge in [-0.25, -0.2) is 13.2 Å². The minimum Gasteiger partial charge on any atom is -0.444 e. The molecule has 110 valence electrons. The SMILES string of the molecule is CC(C)(C)OC(=O)N1CCC(C2CS(=O)(=O)C2)CC1. The second kappa shape index (κ2) is 4.96. The van der Waals surface area contributed by atoms with Gasteiger partial charge in [-0.1, -0.05) is 0 Å². The summed E-state index contributed by atoms with van der Waals surface area (Å²) in [7, 11) is -2.74. The molecule has 0 spiro atoms. The summed E-state index contributed by atoms with van der Waals surface area (Å²) in [5.41, 5.74) is -0.462. The third-order valence-corrected chi connectivity index (χ3v) is 5.67. The standard InChI is InChI=1S/C13H23NO4S/c1-13(2,3)18-12(15)14-6-4-10(5-7-14)11-8-19(16,17)9-11/h10-11H,4-9H2,1-3H3. The molecule has 0 aromatic carbocycles. The Morgan fingerprint density at radius 2 is 1.63 bits per heavy atom. The second-order valence-electron chi connectivity index (χ2n) is 6.64. The second-order valence-corrected chi connectivity index (χ2v) is 8.80. The molecule has 2 heterocycles. The number of hydrogen-bond donors (Lipinski definition) is 0. The summed E-state index contributed by atoms with van der Waals surface area (Å²) in [5.74, 6) is 1.43. The van der Waals surface area contributed by atoms with E-state index in [1.165, 1.54) is 0 Å². The van der Waals surface area contributed by atoms with Crippen LogP contribution in [0.15, 0.2) is 0 Å². The van der Waals surface area contributed by atoms with Gasteiger partial charge in [-0.05, 0) is 45.4 Å². The molecule has 2 aliphatic heterocycles. The van der Waals surface area contributed by atoms with E-state index in [0.29, 0.717) is 36.4 Å². The minimum absolute atomic E-state index is 0.257. The van der Waals surface area contributed by atoms with E-state index in [-0.39, 0.29) is 6.09 Å².